The summed E-state index contributed by atoms with van der Waals surface area (Å²) in [6.45, 7) is 0. The van der Waals surface area contributed by atoms with Crippen LogP contribution in [0.4, 0.5) is 17.1 Å². The Morgan fingerprint density at radius 2 is 0.750 bits per heavy atom. The van der Waals surface area contributed by atoms with E-state index in [1.165, 1.54) is 77.5 Å². The molecule has 0 saturated carbocycles. The van der Waals surface area contributed by atoms with Crippen LogP contribution in [-0.2, 0) is 5.41 Å². The largest absolute Gasteiger partial charge is 0.310 e. The van der Waals surface area contributed by atoms with Gasteiger partial charge in [-0.2, -0.15) is 0 Å². The third kappa shape index (κ3) is 5.86. The van der Waals surface area contributed by atoms with Gasteiger partial charge in [-0.3, -0.25) is 0 Å². The highest BCUT2D eigenvalue weighted by Gasteiger charge is 2.46. The van der Waals surface area contributed by atoms with Crippen molar-refractivity contribution in [1.29, 1.82) is 0 Å². The van der Waals surface area contributed by atoms with E-state index in [1.54, 1.807) is 0 Å². The molecule has 0 aliphatic heterocycles. The van der Waals surface area contributed by atoms with Gasteiger partial charge in [-0.05, 0) is 114 Å². The monoisotopic (exact) mass is 763 g/mol. The average Bonchev–Trinajstić information content (AvgIpc) is 3.63. The van der Waals surface area contributed by atoms with E-state index in [4.69, 9.17) is 0 Å². The molecule has 1 nitrogen and oxygen atoms in total. The number of hydrogen-bond donors (Lipinski definition) is 0. The molecule has 0 bridgehead atoms. The number of anilines is 3. The molecule has 1 aliphatic carbocycles. The van der Waals surface area contributed by atoms with Crippen LogP contribution in [0.3, 0.4) is 0 Å². The quantitative estimate of drug-likeness (QED) is 0.149. The normalized spacial score (nSPS) is 12.5. The zero-order valence-electron chi connectivity index (χ0n) is 33.1. The van der Waals surface area contributed by atoms with Gasteiger partial charge in [0, 0.05) is 17.1 Å². The summed E-state index contributed by atoms with van der Waals surface area (Å²) in [7, 11) is 0. The van der Waals surface area contributed by atoms with E-state index in [2.05, 4.69) is 254 Å². The molecule has 0 aromatic heterocycles. The Balaban J connectivity index is 1.12. The molecule has 0 radical (unpaired) electrons. The molecule has 1 heteroatoms. The van der Waals surface area contributed by atoms with Crippen molar-refractivity contribution in [2.24, 2.45) is 0 Å². The summed E-state index contributed by atoms with van der Waals surface area (Å²) in [5.41, 5.74) is 17.6. The van der Waals surface area contributed by atoms with Crippen LogP contribution < -0.4 is 4.90 Å². The number of benzene rings is 10. The number of rotatable bonds is 8. The van der Waals surface area contributed by atoms with Gasteiger partial charge in [0.2, 0.25) is 0 Å². The smallest absolute Gasteiger partial charge is 0.0714 e. The molecule has 60 heavy (non-hydrogen) atoms. The van der Waals surface area contributed by atoms with Crippen LogP contribution in [0.2, 0.25) is 0 Å². The minimum absolute atomic E-state index is 0.508. The molecule has 11 rings (SSSR count). The third-order valence-electron chi connectivity index (χ3n) is 12.4. The van der Waals surface area contributed by atoms with Gasteiger partial charge >= 0.3 is 0 Å². The molecule has 0 spiro atoms. The van der Waals surface area contributed by atoms with Gasteiger partial charge in [-0.25, -0.2) is 0 Å². The first-order valence-electron chi connectivity index (χ1n) is 20.8. The molecule has 0 unspecified atom stereocenters. The Hall–Kier alpha value is -7.74. The maximum absolute atomic E-state index is 2.46. The minimum Gasteiger partial charge on any atom is -0.310 e. The van der Waals surface area contributed by atoms with E-state index in [-0.39, 0.29) is 0 Å². The van der Waals surface area contributed by atoms with Gasteiger partial charge in [0.25, 0.3) is 0 Å². The average molecular weight is 764 g/mol. The maximum Gasteiger partial charge on any atom is 0.0714 e. The van der Waals surface area contributed by atoms with Crippen LogP contribution in [0.15, 0.2) is 249 Å². The van der Waals surface area contributed by atoms with Crippen molar-refractivity contribution in [3.05, 3.63) is 271 Å². The number of fused-ring (bicyclic) bond motifs is 4. The van der Waals surface area contributed by atoms with Gasteiger partial charge in [-0.15, -0.1) is 0 Å². The van der Waals surface area contributed by atoms with Gasteiger partial charge in [0.05, 0.1) is 5.41 Å². The van der Waals surface area contributed by atoms with E-state index in [0.29, 0.717) is 0 Å². The second kappa shape index (κ2) is 14.9. The Kier molecular flexibility index (Phi) is 8.79. The lowest BCUT2D eigenvalue weighted by molar-refractivity contribution is 0.768. The van der Waals surface area contributed by atoms with Crippen LogP contribution in [0.1, 0.15) is 22.3 Å². The highest BCUT2D eigenvalue weighted by Crippen LogP contribution is 2.57. The molecular formula is C59H41N. The van der Waals surface area contributed by atoms with Gasteiger partial charge in [0.1, 0.15) is 0 Å². The second-order valence-electron chi connectivity index (χ2n) is 15.6. The SMILES string of the molecule is c1ccc(-c2ccccc2-c2ccc(N(c3cccc(-c4cccc5ccccc45)c3)c3ccc4c(c3)C(c3ccccc3)(c3ccccc3)c3ccccc3-4)cc2)cc1. The summed E-state index contributed by atoms with van der Waals surface area (Å²) in [5, 5.41) is 2.48. The molecule has 0 heterocycles. The van der Waals surface area contributed by atoms with Crippen LogP contribution in [0, 0.1) is 0 Å². The molecular weight excluding hydrogens is 723 g/mol. The summed E-state index contributed by atoms with van der Waals surface area (Å²) in [5.74, 6) is 0. The van der Waals surface area contributed by atoms with Gasteiger partial charge in [0.15, 0.2) is 0 Å². The Morgan fingerprint density at radius 3 is 1.47 bits per heavy atom. The molecule has 282 valence electrons. The molecule has 0 N–H and O–H groups in total. The third-order valence-corrected chi connectivity index (χ3v) is 12.4. The number of hydrogen-bond acceptors (Lipinski definition) is 1. The summed E-state index contributed by atoms with van der Waals surface area (Å²) in [6, 6.07) is 91.0. The highest BCUT2D eigenvalue weighted by atomic mass is 15.1. The fourth-order valence-electron chi connectivity index (χ4n) is 9.70. The second-order valence-corrected chi connectivity index (χ2v) is 15.6. The standard InChI is InChI=1S/C59H41N/c1-4-18-42(19-5-1)51-29-12-13-30-53(51)44-34-36-48(37-35-44)60(49-27-16-22-45(40-49)54-32-17-21-43-20-10-11-28-52(43)54)50-38-39-56-55-31-14-15-33-57(55)59(58(56)41-50,46-23-6-2-7-24-46)47-25-8-3-9-26-47/h1-41H. The van der Waals surface area contributed by atoms with Crippen LogP contribution >= 0.6 is 0 Å². The van der Waals surface area contributed by atoms with E-state index in [1.807, 2.05) is 0 Å². The van der Waals surface area contributed by atoms with Crippen molar-refractivity contribution in [2.45, 2.75) is 5.41 Å². The topological polar surface area (TPSA) is 3.24 Å². The van der Waals surface area contributed by atoms with E-state index in [9.17, 15) is 0 Å². The summed E-state index contributed by atoms with van der Waals surface area (Å²) in [4.78, 5) is 2.44. The van der Waals surface area contributed by atoms with Crippen molar-refractivity contribution in [2.75, 3.05) is 4.90 Å². The summed E-state index contributed by atoms with van der Waals surface area (Å²) >= 11 is 0. The maximum atomic E-state index is 2.46. The van der Waals surface area contributed by atoms with Crippen molar-refractivity contribution in [3.8, 4) is 44.5 Å². The molecule has 0 saturated heterocycles. The molecule has 1 aliphatic rings. The molecule has 10 aromatic rings. The summed E-state index contributed by atoms with van der Waals surface area (Å²) < 4.78 is 0. The van der Waals surface area contributed by atoms with Crippen LogP contribution in [0.5, 0.6) is 0 Å². The lowest BCUT2D eigenvalue weighted by Gasteiger charge is -2.35. The summed E-state index contributed by atoms with van der Waals surface area (Å²) in [6.07, 6.45) is 0. The first kappa shape index (κ1) is 35.4. The zero-order valence-corrected chi connectivity index (χ0v) is 33.1. The first-order valence-corrected chi connectivity index (χ1v) is 20.8. The molecule has 10 aromatic carbocycles. The van der Waals surface area contributed by atoms with Crippen molar-refractivity contribution in [3.63, 3.8) is 0 Å². The van der Waals surface area contributed by atoms with E-state index < -0.39 is 5.41 Å². The van der Waals surface area contributed by atoms with Crippen LogP contribution in [-0.4, -0.2) is 0 Å². The Labute approximate surface area is 352 Å². The van der Waals surface area contributed by atoms with Crippen molar-refractivity contribution >= 4 is 27.8 Å². The zero-order chi connectivity index (χ0) is 39.9. The fourth-order valence-corrected chi connectivity index (χ4v) is 9.70. The van der Waals surface area contributed by atoms with Gasteiger partial charge < -0.3 is 4.90 Å². The lowest BCUT2D eigenvalue weighted by atomic mass is 9.67. The molecule has 0 fully saturated rings. The highest BCUT2D eigenvalue weighted by molar-refractivity contribution is 5.98. The van der Waals surface area contributed by atoms with Crippen molar-refractivity contribution in [1.82, 2.24) is 0 Å². The molecule has 0 atom stereocenters. The van der Waals surface area contributed by atoms with Gasteiger partial charge in [-0.1, -0.05) is 212 Å². The number of nitrogens with zero attached hydrogens (tertiary/aromatic N) is 1. The first-order chi connectivity index (χ1) is 29.8. The fraction of sp³-hybridized carbons (Fsp3) is 0.0169. The minimum atomic E-state index is -0.508. The lowest BCUT2D eigenvalue weighted by Crippen LogP contribution is -2.28. The predicted molar refractivity (Wildman–Crippen MR) is 252 cm³/mol. The Bertz CT molecular complexity index is 3090. The predicted octanol–water partition coefficient (Wildman–Crippen LogP) is 15.7. The van der Waals surface area contributed by atoms with E-state index in [0.717, 1.165) is 17.1 Å². The van der Waals surface area contributed by atoms with E-state index >= 15 is 0 Å². The molecule has 0 amide bonds. The Morgan fingerprint density at radius 1 is 0.267 bits per heavy atom. The van der Waals surface area contributed by atoms with Crippen molar-refractivity contribution < 1.29 is 0 Å². The van der Waals surface area contributed by atoms with Crippen LogP contribution in [0.25, 0.3) is 55.3 Å².